The summed E-state index contributed by atoms with van der Waals surface area (Å²) in [6.07, 6.45) is -1.22. The molecule has 3 N–H and O–H groups in total. The fourth-order valence-corrected chi connectivity index (χ4v) is 5.88. The van der Waals surface area contributed by atoms with Crippen LogP contribution in [0.15, 0.2) is 65.4 Å². The Morgan fingerprint density at radius 2 is 1.69 bits per heavy atom. The smallest absolute Gasteiger partial charge is 0.406 e. The summed E-state index contributed by atoms with van der Waals surface area (Å²) >= 11 is 0. The lowest BCUT2D eigenvalue weighted by Gasteiger charge is -2.41. The van der Waals surface area contributed by atoms with E-state index in [2.05, 4.69) is 27.6 Å². The standard InChI is InChI=1S/C26H34F3N5O4S/c1-4-5-19-6-8-20(9-7-19)16-32-25(35)23-18-33(24(31-3)17-30-2)14-15-34(23)39(36,37)22-12-10-21(11-13-22)38-26(27,28)29/h6-13,17,23,30-31H,4-5,14-16,18H2,1-3H3,(H,32,35)/b24-17+/t23-/m1/s1. The second-order valence-corrected chi connectivity index (χ2v) is 10.8. The van der Waals surface area contributed by atoms with Crippen LogP contribution in [0.1, 0.15) is 24.5 Å². The fourth-order valence-electron chi connectivity index (χ4n) is 4.31. The van der Waals surface area contributed by atoms with Crippen LogP contribution in [0, 0.1) is 0 Å². The van der Waals surface area contributed by atoms with Gasteiger partial charge < -0.3 is 25.6 Å². The summed E-state index contributed by atoms with van der Waals surface area (Å²) < 4.78 is 69.7. The van der Waals surface area contributed by atoms with Crippen LogP contribution < -0.4 is 20.7 Å². The van der Waals surface area contributed by atoms with Gasteiger partial charge in [-0.05, 0) is 41.8 Å². The molecule has 2 aromatic rings. The Labute approximate surface area is 227 Å². The van der Waals surface area contributed by atoms with Gasteiger partial charge >= 0.3 is 6.36 Å². The Balaban J connectivity index is 1.84. The van der Waals surface area contributed by atoms with E-state index in [1.165, 1.54) is 5.56 Å². The van der Waals surface area contributed by atoms with E-state index in [9.17, 15) is 26.4 Å². The van der Waals surface area contributed by atoms with Crippen molar-refractivity contribution in [2.45, 2.75) is 43.6 Å². The van der Waals surface area contributed by atoms with E-state index in [0.29, 0.717) is 5.82 Å². The summed E-state index contributed by atoms with van der Waals surface area (Å²) in [6.45, 7) is 2.63. The van der Waals surface area contributed by atoms with Gasteiger partial charge in [0, 0.05) is 46.5 Å². The predicted octanol–water partition coefficient (Wildman–Crippen LogP) is 2.77. The normalized spacial score (nSPS) is 17.0. The van der Waals surface area contributed by atoms with Crippen molar-refractivity contribution in [2.75, 3.05) is 33.7 Å². The second-order valence-electron chi connectivity index (χ2n) is 8.95. The van der Waals surface area contributed by atoms with E-state index in [1.54, 1.807) is 20.3 Å². The third-order valence-corrected chi connectivity index (χ3v) is 8.13. The molecular weight excluding hydrogens is 535 g/mol. The predicted molar refractivity (Wildman–Crippen MR) is 141 cm³/mol. The van der Waals surface area contributed by atoms with Crippen molar-refractivity contribution >= 4 is 15.9 Å². The topological polar surface area (TPSA) is 103 Å². The molecule has 1 aliphatic rings. The van der Waals surface area contributed by atoms with Crippen LogP contribution >= 0.6 is 0 Å². The van der Waals surface area contributed by atoms with Crippen molar-refractivity contribution in [3.8, 4) is 5.75 Å². The van der Waals surface area contributed by atoms with Gasteiger partial charge in [0.1, 0.15) is 17.6 Å². The number of amides is 1. The van der Waals surface area contributed by atoms with Gasteiger partial charge in [0.25, 0.3) is 0 Å². The van der Waals surface area contributed by atoms with Gasteiger partial charge in [-0.25, -0.2) is 8.42 Å². The van der Waals surface area contributed by atoms with Crippen LogP contribution in [0.5, 0.6) is 5.75 Å². The zero-order chi connectivity index (χ0) is 28.6. The van der Waals surface area contributed by atoms with Crippen LogP contribution in [0.4, 0.5) is 13.2 Å². The molecule has 0 aliphatic carbocycles. The van der Waals surface area contributed by atoms with Gasteiger partial charge in [0.15, 0.2) is 0 Å². The first-order chi connectivity index (χ1) is 18.5. The van der Waals surface area contributed by atoms with Crippen LogP contribution in [-0.4, -0.2) is 69.7 Å². The van der Waals surface area contributed by atoms with Crippen molar-refractivity contribution in [1.29, 1.82) is 0 Å². The number of hydrogen-bond acceptors (Lipinski definition) is 7. The van der Waals surface area contributed by atoms with Crippen molar-refractivity contribution in [3.05, 3.63) is 71.7 Å². The van der Waals surface area contributed by atoms with Crippen LogP contribution in [-0.2, 0) is 27.8 Å². The molecule has 3 rings (SSSR count). The first-order valence-corrected chi connectivity index (χ1v) is 14.0. The lowest BCUT2D eigenvalue weighted by Crippen LogP contribution is -2.60. The molecule has 13 heteroatoms. The zero-order valence-electron chi connectivity index (χ0n) is 22.1. The number of ether oxygens (including phenoxy) is 1. The van der Waals surface area contributed by atoms with E-state index < -0.39 is 34.1 Å². The number of nitrogens with one attached hydrogen (secondary N) is 3. The number of aryl methyl sites for hydroxylation is 1. The summed E-state index contributed by atoms with van der Waals surface area (Å²) in [5, 5.41) is 8.80. The highest BCUT2D eigenvalue weighted by Crippen LogP contribution is 2.27. The van der Waals surface area contributed by atoms with E-state index in [0.717, 1.165) is 47.0 Å². The SMILES string of the molecule is CCCc1ccc(CNC(=O)[C@H]2CN(/C(=C/NC)NC)CCN2S(=O)(=O)c2ccc(OC(F)(F)F)cc2)cc1. The van der Waals surface area contributed by atoms with Crippen molar-refractivity contribution in [1.82, 2.24) is 25.2 Å². The molecule has 0 unspecified atom stereocenters. The van der Waals surface area contributed by atoms with E-state index >= 15 is 0 Å². The summed E-state index contributed by atoms with van der Waals surface area (Å²) in [5.74, 6) is -0.355. The molecule has 214 valence electrons. The molecule has 1 aliphatic heterocycles. The van der Waals surface area contributed by atoms with Gasteiger partial charge in [0.2, 0.25) is 15.9 Å². The van der Waals surface area contributed by atoms with Gasteiger partial charge in [-0.1, -0.05) is 37.6 Å². The lowest BCUT2D eigenvalue weighted by molar-refractivity contribution is -0.274. The van der Waals surface area contributed by atoms with Crippen molar-refractivity contribution in [2.24, 2.45) is 0 Å². The summed E-state index contributed by atoms with van der Waals surface area (Å²) in [5.41, 5.74) is 2.06. The monoisotopic (exact) mass is 569 g/mol. The molecule has 1 saturated heterocycles. The number of carbonyl (C=O) groups excluding carboxylic acids is 1. The summed E-state index contributed by atoms with van der Waals surface area (Å²) in [4.78, 5) is 15.0. The van der Waals surface area contributed by atoms with Gasteiger partial charge in [-0.3, -0.25) is 4.79 Å². The lowest BCUT2D eigenvalue weighted by atomic mass is 10.1. The number of rotatable bonds is 11. The minimum atomic E-state index is -4.90. The fraction of sp³-hybridized carbons (Fsp3) is 0.423. The van der Waals surface area contributed by atoms with Gasteiger partial charge in [0.05, 0.1) is 4.90 Å². The minimum Gasteiger partial charge on any atom is -0.406 e. The molecule has 1 amide bonds. The Bertz CT molecular complexity index is 1240. The number of hydrogen-bond donors (Lipinski definition) is 3. The molecule has 0 aromatic heterocycles. The number of benzene rings is 2. The second kappa shape index (κ2) is 13.1. The maximum Gasteiger partial charge on any atom is 0.573 e. The molecule has 2 aromatic carbocycles. The average molecular weight is 570 g/mol. The molecule has 1 atom stereocenters. The molecule has 39 heavy (non-hydrogen) atoms. The highest BCUT2D eigenvalue weighted by Gasteiger charge is 2.41. The number of carbonyl (C=O) groups is 1. The van der Waals surface area contributed by atoms with Crippen LogP contribution in [0.3, 0.4) is 0 Å². The molecular formula is C26H34F3N5O4S. The number of sulfonamides is 1. The van der Waals surface area contributed by atoms with E-state index in [-0.39, 0.29) is 31.1 Å². The molecule has 9 nitrogen and oxygen atoms in total. The Morgan fingerprint density at radius 1 is 1.05 bits per heavy atom. The number of nitrogens with zero attached hydrogens (tertiary/aromatic N) is 2. The highest BCUT2D eigenvalue weighted by atomic mass is 32.2. The van der Waals surface area contributed by atoms with Gasteiger partial charge in [-0.15, -0.1) is 13.2 Å². The summed E-state index contributed by atoms with van der Waals surface area (Å²) in [6, 6.07) is 10.7. The minimum absolute atomic E-state index is 0.0182. The maximum absolute atomic E-state index is 13.6. The Kier molecular flexibility index (Phi) is 10.1. The highest BCUT2D eigenvalue weighted by molar-refractivity contribution is 7.89. The van der Waals surface area contributed by atoms with Crippen molar-refractivity contribution in [3.63, 3.8) is 0 Å². The van der Waals surface area contributed by atoms with Crippen LogP contribution in [0.25, 0.3) is 0 Å². The number of halogens is 3. The van der Waals surface area contributed by atoms with E-state index in [1.807, 2.05) is 29.2 Å². The summed E-state index contributed by atoms with van der Waals surface area (Å²) in [7, 11) is -0.787. The molecule has 0 saturated carbocycles. The zero-order valence-corrected chi connectivity index (χ0v) is 22.9. The number of piperazine rings is 1. The molecule has 1 fully saturated rings. The molecule has 0 radical (unpaired) electrons. The quantitative estimate of drug-likeness (QED) is 0.383. The first-order valence-electron chi connectivity index (χ1n) is 12.5. The van der Waals surface area contributed by atoms with E-state index in [4.69, 9.17) is 0 Å². The first kappa shape index (κ1) is 30.1. The Hall–Kier alpha value is -3.45. The van der Waals surface area contributed by atoms with Crippen LogP contribution in [0.2, 0.25) is 0 Å². The average Bonchev–Trinajstić information content (AvgIpc) is 2.90. The largest absolute Gasteiger partial charge is 0.573 e. The van der Waals surface area contributed by atoms with Crippen molar-refractivity contribution < 1.29 is 31.1 Å². The Morgan fingerprint density at radius 3 is 2.26 bits per heavy atom. The number of alkyl halides is 3. The third-order valence-electron chi connectivity index (χ3n) is 6.20. The maximum atomic E-state index is 13.6. The van der Waals surface area contributed by atoms with Gasteiger partial charge in [-0.2, -0.15) is 4.31 Å². The molecule has 0 bridgehead atoms. The third kappa shape index (κ3) is 8.02. The molecule has 0 spiro atoms. The molecule has 1 heterocycles.